The van der Waals surface area contributed by atoms with Gasteiger partial charge in [0.2, 0.25) is 0 Å². The summed E-state index contributed by atoms with van der Waals surface area (Å²) in [5, 5.41) is 3.31. The molecule has 0 radical (unpaired) electrons. The molecule has 1 unspecified atom stereocenters. The van der Waals surface area contributed by atoms with E-state index in [2.05, 4.69) is 21.2 Å². The zero-order valence-corrected chi connectivity index (χ0v) is 12.8. The molecule has 0 saturated carbocycles. The summed E-state index contributed by atoms with van der Waals surface area (Å²) in [7, 11) is 0. The third kappa shape index (κ3) is 3.84. The number of hydrogen-bond acceptors (Lipinski definition) is 2. The first-order valence-electron chi connectivity index (χ1n) is 6.02. The van der Waals surface area contributed by atoms with Gasteiger partial charge >= 0.3 is 0 Å². The predicted octanol–water partition coefficient (Wildman–Crippen LogP) is 4.68. The molecule has 2 aromatic rings. The lowest BCUT2D eigenvalue weighted by Crippen LogP contribution is -2.22. The topological polar surface area (TPSA) is 12.0 Å². The highest BCUT2D eigenvalue weighted by Crippen LogP contribution is 2.27. The summed E-state index contributed by atoms with van der Waals surface area (Å²) in [6.45, 7) is 2.77. The maximum atomic E-state index is 13.3. The lowest BCUT2D eigenvalue weighted by Gasteiger charge is -2.17. The molecule has 0 bridgehead atoms. The van der Waals surface area contributed by atoms with Crippen LogP contribution in [0.2, 0.25) is 0 Å². The number of rotatable bonds is 5. The first kappa shape index (κ1) is 14.6. The van der Waals surface area contributed by atoms with Crippen molar-refractivity contribution in [3.05, 3.63) is 56.2 Å². The van der Waals surface area contributed by atoms with E-state index in [4.69, 9.17) is 0 Å². The average molecular weight is 346 g/mol. The van der Waals surface area contributed by atoms with Crippen LogP contribution in [0.4, 0.5) is 8.78 Å². The molecule has 1 nitrogen and oxygen atoms in total. The van der Waals surface area contributed by atoms with E-state index < -0.39 is 11.6 Å². The van der Waals surface area contributed by atoms with Crippen LogP contribution in [-0.2, 0) is 6.42 Å². The maximum absolute atomic E-state index is 13.3. The van der Waals surface area contributed by atoms with Gasteiger partial charge in [-0.25, -0.2) is 8.78 Å². The van der Waals surface area contributed by atoms with E-state index in [1.807, 2.05) is 19.1 Å². The Morgan fingerprint density at radius 1 is 1.21 bits per heavy atom. The standard InChI is InChI=1S/C14H14BrF2NS/c1-2-18-13(8-10-4-6-14(15)19-10)9-3-5-11(16)12(17)7-9/h3-7,13,18H,2,8H2,1H3. The van der Waals surface area contributed by atoms with Crippen molar-refractivity contribution >= 4 is 27.3 Å². The third-order valence-electron chi connectivity index (χ3n) is 2.83. The van der Waals surface area contributed by atoms with Crippen LogP contribution in [0.3, 0.4) is 0 Å². The van der Waals surface area contributed by atoms with Crippen molar-refractivity contribution in [2.45, 2.75) is 19.4 Å². The molecule has 2 rings (SSSR count). The van der Waals surface area contributed by atoms with Gasteiger partial charge < -0.3 is 5.32 Å². The van der Waals surface area contributed by atoms with Crippen molar-refractivity contribution in [1.29, 1.82) is 0 Å². The molecule has 5 heteroatoms. The van der Waals surface area contributed by atoms with Crippen LogP contribution in [0.25, 0.3) is 0 Å². The van der Waals surface area contributed by atoms with E-state index in [9.17, 15) is 8.78 Å². The highest BCUT2D eigenvalue weighted by molar-refractivity contribution is 9.11. The summed E-state index contributed by atoms with van der Waals surface area (Å²) in [5.41, 5.74) is 0.769. The van der Waals surface area contributed by atoms with Gasteiger partial charge in [-0.3, -0.25) is 0 Å². The number of likely N-dealkylation sites (N-methyl/N-ethyl adjacent to an activating group) is 1. The average Bonchev–Trinajstić information content (AvgIpc) is 2.78. The van der Waals surface area contributed by atoms with Gasteiger partial charge in [-0.2, -0.15) is 0 Å². The van der Waals surface area contributed by atoms with Crippen LogP contribution >= 0.6 is 27.3 Å². The Morgan fingerprint density at radius 3 is 2.58 bits per heavy atom. The molecule has 1 heterocycles. The molecule has 0 amide bonds. The lowest BCUT2D eigenvalue weighted by atomic mass is 10.0. The highest BCUT2D eigenvalue weighted by atomic mass is 79.9. The molecule has 1 N–H and O–H groups in total. The number of benzene rings is 1. The minimum absolute atomic E-state index is 0.00866. The number of thiophene rings is 1. The van der Waals surface area contributed by atoms with E-state index in [1.54, 1.807) is 17.4 Å². The van der Waals surface area contributed by atoms with Crippen molar-refractivity contribution in [2.75, 3.05) is 6.54 Å². The van der Waals surface area contributed by atoms with E-state index in [1.165, 1.54) is 17.0 Å². The number of halogens is 3. The Balaban J connectivity index is 2.21. The molecule has 19 heavy (non-hydrogen) atoms. The van der Waals surface area contributed by atoms with Crippen molar-refractivity contribution in [3.63, 3.8) is 0 Å². The van der Waals surface area contributed by atoms with Crippen molar-refractivity contribution in [2.24, 2.45) is 0 Å². The largest absolute Gasteiger partial charge is 0.310 e. The van der Waals surface area contributed by atoms with Gasteiger partial charge in [0.1, 0.15) is 0 Å². The fourth-order valence-corrected chi connectivity index (χ4v) is 3.47. The van der Waals surface area contributed by atoms with E-state index in [0.29, 0.717) is 0 Å². The Morgan fingerprint density at radius 2 is 2.00 bits per heavy atom. The van der Waals surface area contributed by atoms with Gasteiger partial charge in [0, 0.05) is 17.3 Å². The first-order valence-corrected chi connectivity index (χ1v) is 7.63. The van der Waals surface area contributed by atoms with E-state index in [0.717, 1.165) is 22.3 Å². The van der Waals surface area contributed by atoms with Gasteiger partial charge in [0.05, 0.1) is 3.79 Å². The second kappa shape index (κ2) is 6.59. The Hall–Kier alpha value is -0.780. The van der Waals surface area contributed by atoms with Crippen LogP contribution < -0.4 is 5.32 Å². The molecule has 1 aromatic carbocycles. The zero-order chi connectivity index (χ0) is 13.8. The SMILES string of the molecule is CCNC(Cc1ccc(Br)s1)c1ccc(F)c(F)c1. The van der Waals surface area contributed by atoms with Crippen LogP contribution in [-0.4, -0.2) is 6.54 Å². The molecule has 1 atom stereocenters. The molecular weight excluding hydrogens is 332 g/mol. The normalized spacial score (nSPS) is 12.6. The summed E-state index contributed by atoms with van der Waals surface area (Å²) in [4.78, 5) is 1.20. The Bertz CT molecular complexity index is 556. The van der Waals surface area contributed by atoms with Crippen LogP contribution in [0.5, 0.6) is 0 Å². The van der Waals surface area contributed by atoms with Crippen LogP contribution in [0, 0.1) is 11.6 Å². The van der Waals surface area contributed by atoms with Crippen molar-refractivity contribution in [1.82, 2.24) is 5.32 Å². The summed E-state index contributed by atoms with van der Waals surface area (Å²) in [5.74, 6) is -1.61. The molecule has 0 fully saturated rings. The molecule has 0 aliphatic carbocycles. The van der Waals surface area contributed by atoms with Gasteiger partial charge in [0.15, 0.2) is 11.6 Å². The zero-order valence-electron chi connectivity index (χ0n) is 10.4. The van der Waals surface area contributed by atoms with Gasteiger partial charge in [-0.05, 0) is 52.3 Å². The van der Waals surface area contributed by atoms with Crippen molar-refractivity contribution in [3.8, 4) is 0 Å². The molecule has 0 aliphatic rings. The molecule has 1 aromatic heterocycles. The molecule has 0 spiro atoms. The first-order chi connectivity index (χ1) is 9.10. The van der Waals surface area contributed by atoms with Gasteiger partial charge in [0.25, 0.3) is 0 Å². The van der Waals surface area contributed by atoms with Gasteiger partial charge in [-0.1, -0.05) is 13.0 Å². The Kier molecular flexibility index (Phi) is 5.07. The van der Waals surface area contributed by atoms with Crippen LogP contribution in [0.1, 0.15) is 23.4 Å². The van der Waals surface area contributed by atoms with E-state index in [-0.39, 0.29) is 6.04 Å². The van der Waals surface area contributed by atoms with E-state index >= 15 is 0 Å². The third-order valence-corrected chi connectivity index (χ3v) is 4.48. The second-order valence-corrected chi connectivity index (χ2v) is 6.74. The smallest absolute Gasteiger partial charge is 0.159 e. The molecule has 0 aliphatic heterocycles. The second-order valence-electron chi connectivity index (χ2n) is 4.19. The monoisotopic (exact) mass is 345 g/mol. The quantitative estimate of drug-likeness (QED) is 0.829. The minimum Gasteiger partial charge on any atom is -0.310 e. The summed E-state index contributed by atoms with van der Waals surface area (Å²) in [6.07, 6.45) is 0.759. The minimum atomic E-state index is -0.808. The van der Waals surface area contributed by atoms with Gasteiger partial charge in [-0.15, -0.1) is 11.3 Å². The van der Waals surface area contributed by atoms with Crippen molar-refractivity contribution < 1.29 is 8.78 Å². The highest BCUT2D eigenvalue weighted by Gasteiger charge is 2.14. The summed E-state index contributed by atoms with van der Waals surface area (Å²) in [6, 6.07) is 8.11. The lowest BCUT2D eigenvalue weighted by molar-refractivity contribution is 0.497. The Labute approximate surface area is 123 Å². The maximum Gasteiger partial charge on any atom is 0.159 e. The molecule has 102 valence electrons. The fraction of sp³-hybridized carbons (Fsp3) is 0.286. The predicted molar refractivity (Wildman–Crippen MR) is 78.5 cm³/mol. The summed E-state index contributed by atoms with van der Waals surface area (Å²) >= 11 is 5.08. The number of nitrogens with one attached hydrogen (secondary N) is 1. The van der Waals surface area contributed by atoms with Crippen LogP contribution in [0.15, 0.2) is 34.1 Å². The number of hydrogen-bond donors (Lipinski definition) is 1. The fourth-order valence-electron chi connectivity index (χ4n) is 1.95. The molecular formula is C14H14BrF2NS. The molecule has 0 saturated heterocycles. The summed E-state index contributed by atoms with van der Waals surface area (Å²) < 4.78 is 27.4.